The number of carbonyl (C=O) groups excluding carboxylic acids is 1. The normalized spacial score (nSPS) is 13.3. The van der Waals surface area contributed by atoms with E-state index >= 15 is 0 Å². The van der Waals surface area contributed by atoms with Crippen LogP contribution in [0.15, 0.2) is 59.5 Å². The Balaban J connectivity index is 1.63. The molecule has 154 valence electrons. The first kappa shape index (κ1) is 20.0. The summed E-state index contributed by atoms with van der Waals surface area (Å²) in [5.41, 5.74) is 1.07. The van der Waals surface area contributed by atoms with Crippen LogP contribution in [0.2, 0.25) is 5.02 Å². The van der Waals surface area contributed by atoms with E-state index in [-0.39, 0.29) is 22.9 Å². The summed E-state index contributed by atoms with van der Waals surface area (Å²) < 4.78 is 7.08. The number of carbonyl (C=O) groups is 1. The Labute approximate surface area is 178 Å². The molecule has 1 aromatic heterocycles. The van der Waals surface area contributed by atoms with E-state index in [0.29, 0.717) is 22.0 Å². The standard InChI is InChI=1S/C22H21ClN4O3/c1-26-22(29)20(19(14-24-26)30-18-9-7-16(23)8-10-18)25-17-6-4-5-15(13-17)21(28)27-11-2-3-12-27/h4-10,13-14,25H,2-3,11-12H2,1H3. The summed E-state index contributed by atoms with van der Waals surface area (Å²) in [5.74, 6) is 0.795. The molecule has 4 rings (SSSR count). The van der Waals surface area contributed by atoms with E-state index in [2.05, 4.69) is 10.4 Å². The van der Waals surface area contributed by atoms with Crippen LogP contribution >= 0.6 is 11.6 Å². The largest absolute Gasteiger partial charge is 0.453 e. The Morgan fingerprint density at radius 2 is 1.87 bits per heavy atom. The Morgan fingerprint density at radius 1 is 1.13 bits per heavy atom. The SMILES string of the molecule is Cn1ncc(Oc2ccc(Cl)cc2)c(Nc2cccc(C(=O)N3CCCC3)c2)c1=O. The number of nitrogens with zero attached hydrogens (tertiary/aromatic N) is 3. The summed E-state index contributed by atoms with van der Waals surface area (Å²) in [4.78, 5) is 27.3. The second-order valence-corrected chi connectivity index (χ2v) is 7.51. The number of aryl methyl sites for hydroxylation is 1. The van der Waals surface area contributed by atoms with Crippen LogP contribution in [-0.2, 0) is 7.05 Å². The van der Waals surface area contributed by atoms with Crippen molar-refractivity contribution in [3.63, 3.8) is 0 Å². The van der Waals surface area contributed by atoms with Gasteiger partial charge in [-0.25, -0.2) is 4.68 Å². The number of aromatic nitrogens is 2. The lowest BCUT2D eigenvalue weighted by Gasteiger charge is -2.16. The van der Waals surface area contributed by atoms with E-state index in [4.69, 9.17) is 16.3 Å². The van der Waals surface area contributed by atoms with Gasteiger partial charge >= 0.3 is 0 Å². The Kier molecular flexibility index (Phi) is 5.72. The molecule has 30 heavy (non-hydrogen) atoms. The summed E-state index contributed by atoms with van der Waals surface area (Å²) in [7, 11) is 1.56. The number of anilines is 2. The van der Waals surface area contributed by atoms with Gasteiger partial charge in [0, 0.05) is 36.4 Å². The first-order valence-corrected chi connectivity index (χ1v) is 10.0. The molecule has 0 unspecified atom stereocenters. The molecule has 1 N–H and O–H groups in total. The molecular formula is C22H21ClN4O3. The number of ether oxygens (including phenoxy) is 1. The zero-order chi connectivity index (χ0) is 21.1. The summed E-state index contributed by atoms with van der Waals surface area (Å²) in [6.45, 7) is 1.56. The maximum Gasteiger partial charge on any atom is 0.294 e. The van der Waals surface area contributed by atoms with E-state index in [0.717, 1.165) is 25.9 Å². The molecule has 2 heterocycles. The highest BCUT2D eigenvalue weighted by molar-refractivity contribution is 6.30. The molecule has 0 saturated carbocycles. The average molecular weight is 425 g/mol. The highest BCUT2D eigenvalue weighted by Crippen LogP contribution is 2.29. The quantitative estimate of drug-likeness (QED) is 0.664. The van der Waals surface area contributed by atoms with Gasteiger partial charge in [0.1, 0.15) is 5.75 Å². The van der Waals surface area contributed by atoms with Gasteiger partial charge in [-0.2, -0.15) is 5.10 Å². The third-order valence-corrected chi connectivity index (χ3v) is 5.17. The number of amides is 1. The fourth-order valence-electron chi connectivity index (χ4n) is 3.32. The predicted molar refractivity (Wildman–Crippen MR) is 116 cm³/mol. The Morgan fingerprint density at radius 3 is 2.60 bits per heavy atom. The van der Waals surface area contributed by atoms with Gasteiger partial charge in [0.05, 0.1) is 6.20 Å². The van der Waals surface area contributed by atoms with Gasteiger partial charge in [0.25, 0.3) is 11.5 Å². The van der Waals surface area contributed by atoms with Crippen molar-refractivity contribution >= 4 is 28.9 Å². The lowest BCUT2D eigenvalue weighted by atomic mass is 10.1. The molecule has 2 aromatic carbocycles. The van der Waals surface area contributed by atoms with Crippen molar-refractivity contribution in [3.05, 3.63) is 75.7 Å². The van der Waals surface area contributed by atoms with Crippen molar-refractivity contribution in [2.24, 2.45) is 7.05 Å². The molecule has 0 radical (unpaired) electrons. The first-order valence-electron chi connectivity index (χ1n) is 9.67. The first-order chi connectivity index (χ1) is 14.5. The minimum absolute atomic E-state index is 0.00332. The highest BCUT2D eigenvalue weighted by Gasteiger charge is 2.20. The van der Waals surface area contributed by atoms with Gasteiger partial charge in [-0.15, -0.1) is 0 Å². The van der Waals surface area contributed by atoms with E-state index in [1.807, 2.05) is 4.90 Å². The van der Waals surface area contributed by atoms with Gasteiger partial charge in [-0.3, -0.25) is 9.59 Å². The average Bonchev–Trinajstić information content (AvgIpc) is 3.29. The molecule has 1 fully saturated rings. The molecule has 8 heteroatoms. The monoisotopic (exact) mass is 424 g/mol. The fourth-order valence-corrected chi connectivity index (χ4v) is 3.45. The zero-order valence-corrected chi connectivity index (χ0v) is 17.2. The smallest absolute Gasteiger partial charge is 0.294 e. The molecule has 3 aromatic rings. The van der Waals surface area contributed by atoms with Crippen LogP contribution in [0.25, 0.3) is 0 Å². The van der Waals surface area contributed by atoms with Gasteiger partial charge < -0.3 is 15.0 Å². The zero-order valence-electron chi connectivity index (χ0n) is 16.5. The van der Waals surface area contributed by atoms with Crippen molar-refractivity contribution in [3.8, 4) is 11.5 Å². The fraction of sp³-hybridized carbons (Fsp3) is 0.227. The molecule has 0 aliphatic carbocycles. The number of benzene rings is 2. The predicted octanol–water partition coefficient (Wildman–Crippen LogP) is 4.21. The highest BCUT2D eigenvalue weighted by atomic mass is 35.5. The van der Waals surface area contributed by atoms with Gasteiger partial charge in [-0.1, -0.05) is 17.7 Å². The van der Waals surface area contributed by atoms with Crippen LogP contribution < -0.4 is 15.6 Å². The number of hydrogen-bond acceptors (Lipinski definition) is 5. The molecule has 1 aliphatic rings. The van der Waals surface area contributed by atoms with Crippen LogP contribution in [0, 0.1) is 0 Å². The molecule has 1 amide bonds. The minimum atomic E-state index is -0.349. The van der Waals surface area contributed by atoms with E-state index in [9.17, 15) is 9.59 Å². The van der Waals surface area contributed by atoms with Crippen molar-refractivity contribution in [1.29, 1.82) is 0 Å². The van der Waals surface area contributed by atoms with E-state index in [1.54, 1.807) is 55.6 Å². The van der Waals surface area contributed by atoms with Crippen molar-refractivity contribution in [2.75, 3.05) is 18.4 Å². The van der Waals surface area contributed by atoms with E-state index < -0.39 is 0 Å². The van der Waals surface area contributed by atoms with E-state index in [1.165, 1.54) is 10.9 Å². The number of rotatable bonds is 5. The van der Waals surface area contributed by atoms with Crippen LogP contribution in [-0.4, -0.2) is 33.7 Å². The minimum Gasteiger partial charge on any atom is -0.453 e. The van der Waals surface area contributed by atoms with Gasteiger partial charge in [0.2, 0.25) is 0 Å². The summed E-state index contributed by atoms with van der Waals surface area (Å²) >= 11 is 5.92. The number of likely N-dealkylation sites (tertiary alicyclic amines) is 1. The number of nitrogens with one attached hydrogen (secondary N) is 1. The van der Waals surface area contributed by atoms with Gasteiger partial charge in [0.15, 0.2) is 11.4 Å². The summed E-state index contributed by atoms with van der Waals surface area (Å²) in [6, 6.07) is 13.9. The molecule has 0 bridgehead atoms. The number of hydrogen-bond donors (Lipinski definition) is 1. The summed E-state index contributed by atoms with van der Waals surface area (Å²) in [5, 5.41) is 7.73. The van der Waals surface area contributed by atoms with Crippen LogP contribution in [0.4, 0.5) is 11.4 Å². The topological polar surface area (TPSA) is 76.5 Å². The molecule has 7 nitrogen and oxygen atoms in total. The van der Waals surface area contributed by atoms with Crippen LogP contribution in [0.1, 0.15) is 23.2 Å². The summed E-state index contributed by atoms with van der Waals surface area (Å²) in [6.07, 6.45) is 3.53. The molecule has 0 spiro atoms. The molecule has 1 saturated heterocycles. The molecule has 1 aliphatic heterocycles. The Hall–Kier alpha value is -3.32. The third kappa shape index (κ3) is 4.31. The molecule has 0 atom stereocenters. The second-order valence-electron chi connectivity index (χ2n) is 7.07. The van der Waals surface area contributed by atoms with Crippen molar-refractivity contribution in [2.45, 2.75) is 12.8 Å². The Bertz CT molecular complexity index is 1120. The van der Waals surface area contributed by atoms with Crippen LogP contribution in [0.3, 0.4) is 0 Å². The maximum atomic E-state index is 12.7. The molecular weight excluding hydrogens is 404 g/mol. The maximum absolute atomic E-state index is 12.7. The van der Waals surface area contributed by atoms with Gasteiger partial charge in [-0.05, 0) is 55.3 Å². The second kappa shape index (κ2) is 8.59. The van der Waals surface area contributed by atoms with Crippen molar-refractivity contribution in [1.82, 2.24) is 14.7 Å². The lowest BCUT2D eigenvalue weighted by Crippen LogP contribution is -2.27. The van der Waals surface area contributed by atoms with Crippen molar-refractivity contribution < 1.29 is 9.53 Å². The third-order valence-electron chi connectivity index (χ3n) is 4.92. The van der Waals surface area contributed by atoms with Crippen LogP contribution in [0.5, 0.6) is 11.5 Å². The number of halogens is 1. The lowest BCUT2D eigenvalue weighted by molar-refractivity contribution is 0.0793.